The van der Waals surface area contributed by atoms with Crippen molar-refractivity contribution < 1.29 is 4.79 Å². The van der Waals surface area contributed by atoms with Gasteiger partial charge in [0.2, 0.25) is 0 Å². The average molecular weight is 374 g/mol. The highest BCUT2D eigenvalue weighted by atomic mass is 35.5. The molecule has 26 heavy (non-hydrogen) atoms. The van der Waals surface area contributed by atoms with Gasteiger partial charge in [0.15, 0.2) is 5.82 Å². The fourth-order valence-electron chi connectivity index (χ4n) is 3.05. The van der Waals surface area contributed by atoms with Gasteiger partial charge in [0.1, 0.15) is 0 Å². The van der Waals surface area contributed by atoms with Crippen LogP contribution in [0.25, 0.3) is 10.9 Å². The van der Waals surface area contributed by atoms with Gasteiger partial charge < -0.3 is 15.6 Å². The first-order valence-corrected chi connectivity index (χ1v) is 9.07. The van der Waals surface area contributed by atoms with Gasteiger partial charge in [-0.15, -0.1) is 5.10 Å². The van der Waals surface area contributed by atoms with E-state index >= 15 is 0 Å². The Bertz CT molecular complexity index is 930. The second kappa shape index (κ2) is 6.95. The number of tetrazole rings is 1. The molecule has 1 saturated carbocycles. The molecule has 3 aromatic rings. The third-order valence-electron chi connectivity index (χ3n) is 4.56. The Morgan fingerprint density at radius 2 is 2.31 bits per heavy atom. The molecule has 4 rings (SSSR count). The molecule has 3 N–H and O–H groups in total. The van der Waals surface area contributed by atoms with Crippen LogP contribution in [0.4, 0.5) is 4.79 Å². The number of hydrogen-bond acceptors (Lipinski definition) is 4. The van der Waals surface area contributed by atoms with E-state index < -0.39 is 0 Å². The van der Waals surface area contributed by atoms with Crippen LogP contribution in [0.5, 0.6) is 0 Å². The van der Waals surface area contributed by atoms with Gasteiger partial charge in [0.25, 0.3) is 0 Å². The van der Waals surface area contributed by atoms with Crippen molar-refractivity contribution in [3.8, 4) is 0 Å². The quantitative estimate of drug-likeness (QED) is 0.618. The van der Waals surface area contributed by atoms with Gasteiger partial charge in [0.05, 0.1) is 12.1 Å². The van der Waals surface area contributed by atoms with Crippen molar-refractivity contribution in [3.05, 3.63) is 40.8 Å². The highest BCUT2D eigenvalue weighted by Gasteiger charge is 2.29. The molecule has 2 heterocycles. The summed E-state index contributed by atoms with van der Waals surface area (Å²) < 4.78 is 1.81. The molecular formula is C17H20ClN7O. The van der Waals surface area contributed by atoms with Crippen LogP contribution < -0.4 is 10.6 Å². The van der Waals surface area contributed by atoms with Crippen LogP contribution in [0.3, 0.4) is 0 Å². The van der Waals surface area contributed by atoms with Crippen molar-refractivity contribution in [1.82, 2.24) is 35.8 Å². The van der Waals surface area contributed by atoms with Gasteiger partial charge in [-0.1, -0.05) is 11.6 Å². The number of aromatic amines is 1. The molecule has 1 aromatic carbocycles. The summed E-state index contributed by atoms with van der Waals surface area (Å²) in [7, 11) is 0. The Hall–Kier alpha value is -2.61. The molecule has 2 aromatic heterocycles. The summed E-state index contributed by atoms with van der Waals surface area (Å²) in [5.41, 5.74) is 2.16. The number of hydrogen-bond donors (Lipinski definition) is 3. The van der Waals surface area contributed by atoms with Gasteiger partial charge in [-0.2, -0.15) is 0 Å². The van der Waals surface area contributed by atoms with Gasteiger partial charge in [-0.25, -0.2) is 9.48 Å². The molecule has 1 atom stereocenters. The number of fused-ring (bicyclic) bond motifs is 1. The Morgan fingerprint density at radius 1 is 1.46 bits per heavy atom. The lowest BCUT2D eigenvalue weighted by molar-refractivity contribution is 0.237. The molecule has 8 nitrogen and oxygen atoms in total. The predicted molar refractivity (Wildman–Crippen MR) is 98.1 cm³/mol. The van der Waals surface area contributed by atoms with Crippen molar-refractivity contribution in [1.29, 1.82) is 0 Å². The zero-order valence-electron chi connectivity index (χ0n) is 14.4. The van der Waals surface area contributed by atoms with Crippen LogP contribution in [0.1, 0.15) is 43.2 Å². The normalized spacial score (nSPS) is 15.2. The number of rotatable bonds is 6. The fourth-order valence-corrected chi connectivity index (χ4v) is 3.22. The van der Waals surface area contributed by atoms with Crippen LogP contribution in [0.2, 0.25) is 5.02 Å². The zero-order chi connectivity index (χ0) is 18.1. The number of carbonyl (C=O) groups excluding carboxylic acids is 1. The summed E-state index contributed by atoms with van der Waals surface area (Å²) in [6.45, 7) is 2.40. The summed E-state index contributed by atoms with van der Waals surface area (Å²) in [6, 6.07) is 5.63. The molecule has 1 aliphatic rings. The van der Waals surface area contributed by atoms with E-state index in [2.05, 4.69) is 31.1 Å². The van der Waals surface area contributed by atoms with Gasteiger partial charge >= 0.3 is 6.03 Å². The number of benzene rings is 1. The Morgan fingerprint density at radius 3 is 3.12 bits per heavy atom. The second-order valence-electron chi connectivity index (χ2n) is 6.59. The maximum absolute atomic E-state index is 12.2. The van der Waals surface area contributed by atoms with Crippen LogP contribution in [0, 0.1) is 0 Å². The largest absolute Gasteiger partial charge is 0.361 e. The topological polar surface area (TPSA) is 101 Å². The minimum Gasteiger partial charge on any atom is -0.361 e. The average Bonchev–Trinajstić information content (AvgIpc) is 3.20. The number of H-pyrrole nitrogens is 1. The van der Waals surface area contributed by atoms with Crippen molar-refractivity contribution >= 4 is 28.5 Å². The first-order chi connectivity index (χ1) is 12.6. The Labute approximate surface area is 155 Å². The number of nitrogens with zero attached hydrogens (tertiary/aromatic N) is 4. The van der Waals surface area contributed by atoms with Crippen LogP contribution in [-0.4, -0.2) is 37.8 Å². The first kappa shape index (κ1) is 16.8. The lowest BCUT2D eigenvalue weighted by atomic mass is 10.1. The van der Waals surface area contributed by atoms with Gasteiger partial charge in [0, 0.05) is 28.7 Å². The summed E-state index contributed by atoms with van der Waals surface area (Å²) >= 11 is 6.07. The smallest absolute Gasteiger partial charge is 0.315 e. The van der Waals surface area contributed by atoms with Crippen LogP contribution in [0.15, 0.2) is 24.4 Å². The lowest BCUT2D eigenvalue weighted by Crippen LogP contribution is -2.38. The van der Waals surface area contributed by atoms with E-state index in [1.54, 1.807) is 4.68 Å². The molecule has 0 bridgehead atoms. The molecule has 1 aliphatic carbocycles. The van der Waals surface area contributed by atoms with Crippen molar-refractivity contribution in [2.75, 3.05) is 6.54 Å². The third kappa shape index (κ3) is 3.50. The third-order valence-corrected chi connectivity index (χ3v) is 4.79. The Balaban J connectivity index is 1.31. The van der Waals surface area contributed by atoms with E-state index in [-0.39, 0.29) is 12.1 Å². The summed E-state index contributed by atoms with van der Waals surface area (Å²) in [5.74, 6) is 0.689. The molecule has 0 radical (unpaired) electrons. The van der Waals surface area contributed by atoms with Crippen molar-refractivity contribution in [2.45, 2.75) is 38.3 Å². The number of carbonyl (C=O) groups is 1. The fraction of sp³-hybridized carbons (Fsp3) is 0.412. The predicted octanol–water partition coefficient (Wildman–Crippen LogP) is 2.75. The van der Waals surface area contributed by atoms with Crippen LogP contribution >= 0.6 is 11.6 Å². The second-order valence-corrected chi connectivity index (χ2v) is 7.03. The number of nitrogens with one attached hydrogen (secondary N) is 3. The van der Waals surface area contributed by atoms with E-state index in [1.807, 2.05) is 31.3 Å². The molecule has 1 fully saturated rings. The molecule has 9 heteroatoms. The molecule has 0 unspecified atom stereocenters. The van der Waals surface area contributed by atoms with E-state index in [0.717, 1.165) is 29.3 Å². The van der Waals surface area contributed by atoms with Crippen LogP contribution in [-0.2, 0) is 6.42 Å². The molecule has 0 aliphatic heterocycles. The van der Waals surface area contributed by atoms with E-state index in [1.165, 1.54) is 0 Å². The molecule has 0 saturated heterocycles. The maximum Gasteiger partial charge on any atom is 0.315 e. The standard InChI is InChI=1S/C17H20ClN7O/c1-10(16-22-23-24-25(16)13-3-4-13)21-17(26)19-7-6-11-9-20-15-5-2-12(18)8-14(11)15/h2,5,8-10,13,20H,3-4,6-7H2,1H3,(H2,19,21,26)/t10-/m0/s1. The SMILES string of the molecule is C[C@H](NC(=O)NCCc1c[nH]c2ccc(Cl)cc12)c1nnnn1C1CC1. The first-order valence-electron chi connectivity index (χ1n) is 8.69. The van der Waals surface area contributed by atoms with E-state index in [9.17, 15) is 4.79 Å². The number of urea groups is 1. The lowest BCUT2D eigenvalue weighted by Gasteiger charge is -2.14. The number of amides is 2. The zero-order valence-corrected chi connectivity index (χ0v) is 15.1. The maximum atomic E-state index is 12.2. The van der Waals surface area contributed by atoms with Crippen molar-refractivity contribution in [3.63, 3.8) is 0 Å². The number of halogens is 1. The molecule has 136 valence electrons. The summed E-state index contributed by atoms with van der Waals surface area (Å²) in [5, 5.41) is 19.3. The molecule has 0 spiro atoms. The summed E-state index contributed by atoms with van der Waals surface area (Å²) in [4.78, 5) is 15.4. The van der Waals surface area contributed by atoms with Gasteiger partial charge in [-0.3, -0.25) is 0 Å². The van der Waals surface area contributed by atoms with E-state index in [0.29, 0.717) is 29.9 Å². The van der Waals surface area contributed by atoms with Gasteiger partial charge in [-0.05, 0) is 60.4 Å². The minimum atomic E-state index is -0.252. The van der Waals surface area contributed by atoms with E-state index in [4.69, 9.17) is 11.6 Å². The highest BCUT2D eigenvalue weighted by Crippen LogP contribution is 2.35. The monoisotopic (exact) mass is 373 g/mol. The summed E-state index contributed by atoms with van der Waals surface area (Å²) in [6.07, 6.45) is 4.84. The highest BCUT2D eigenvalue weighted by molar-refractivity contribution is 6.31. The minimum absolute atomic E-state index is 0.235. The number of aromatic nitrogens is 5. The molecular weight excluding hydrogens is 354 g/mol. The van der Waals surface area contributed by atoms with Crippen molar-refractivity contribution in [2.24, 2.45) is 0 Å². The molecule has 2 amide bonds. The Kier molecular flexibility index (Phi) is 4.50.